The van der Waals surface area contributed by atoms with E-state index in [4.69, 9.17) is 4.42 Å². The minimum atomic E-state index is 0.908. The number of hydrogen-bond donors (Lipinski definition) is 0. The van der Waals surface area contributed by atoms with Crippen LogP contribution in [0.1, 0.15) is 0 Å². The fraction of sp³-hybridized carbons (Fsp3) is 0. The summed E-state index contributed by atoms with van der Waals surface area (Å²) in [4.78, 5) is 0. The second-order valence-electron chi connectivity index (χ2n) is 8.37. The Bertz CT molecular complexity index is 1840. The summed E-state index contributed by atoms with van der Waals surface area (Å²) in [5, 5.41) is 4.79. The molecule has 0 aliphatic rings. The third kappa shape index (κ3) is 2.86. The summed E-state index contributed by atoms with van der Waals surface area (Å²) in [7, 11) is 0. The van der Waals surface area contributed by atoms with Gasteiger partial charge in [0.15, 0.2) is 0 Å². The van der Waals surface area contributed by atoms with E-state index in [0.717, 1.165) is 32.1 Å². The van der Waals surface area contributed by atoms with Crippen LogP contribution in [-0.4, -0.2) is 4.57 Å². The Labute approximate surface area is 198 Å². The van der Waals surface area contributed by atoms with Gasteiger partial charge in [-0.25, -0.2) is 0 Å². The van der Waals surface area contributed by atoms with Crippen molar-refractivity contribution in [2.45, 2.75) is 0 Å². The van der Waals surface area contributed by atoms with E-state index in [1.54, 1.807) is 0 Å². The summed E-state index contributed by atoms with van der Waals surface area (Å²) >= 11 is 3.60. The monoisotopic (exact) mass is 487 g/mol. The van der Waals surface area contributed by atoms with Crippen molar-refractivity contribution in [2.24, 2.45) is 0 Å². The van der Waals surface area contributed by atoms with Gasteiger partial charge in [-0.2, -0.15) is 0 Å². The summed E-state index contributed by atoms with van der Waals surface area (Å²) in [5.74, 6) is 0. The van der Waals surface area contributed by atoms with Crippen molar-refractivity contribution in [2.75, 3.05) is 0 Å². The highest BCUT2D eigenvalue weighted by Crippen LogP contribution is 2.37. The summed E-state index contributed by atoms with van der Waals surface area (Å²) in [6.45, 7) is 0. The van der Waals surface area contributed by atoms with Crippen molar-refractivity contribution in [3.8, 4) is 16.8 Å². The highest BCUT2D eigenvalue weighted by atomic mass is 79.9. The van der Waals surface area contributed by atoms with Gasteiger partial charge in [0, 0.05) is 37.8 Å². The van der Waals surface area contributed by atoms with Crippen LogP contribution < -0.4 is 0 Å². The fourth-order valence-corrected chi connectivity index (χ4v) is 5.35. The van der Waals surface area contributed by atoms with Crippen molar-refractivity contribution in [3.05, 3.63) is 114 Å². The van der Waals surface area contributed by atoms with E-state index >= 15 is 0 Å². The fourth-order valence-electron chi connectivity index (χ4n) is 4.95. The third-order valence-electron chi connectivity index (χ3n) is 6.45. The second-order valence-corrected chi connectivity index (χ2v) is 9.29. The maximum absolute atomic E-state index is 6.19. The Kier molecular flexibility index (Phi) is 4.02. The minimum absolute atomic E-state index is 0.908. The summed E-state index contributed by atoms with van der Waals surface area (Å²) in [6.07, 6.45) is 0. The Morgan fingerprint density at radius 3 is 2.18 bits per heavy atom. The molecule has 0 N–H and O–H groups in total. The highest BCUT2D eigenvalue weighted by molar-refractivity contribution is 9.10. The molecule has 156 valence electrons. The molecule has 3 heteroatoms. The zero-order chi connectivity index (χ0) is 21.9. The standard InChI is InChI=1S/C30H18BrNO/c31-21-7-5-6-19(16-21)20-12-15-28-26(17-20)23-8-1-3-10-27(23)32(28)22-13-14-25-24-9-2-4-11-29(24)33-30(25)18-22/h1-18H. The van der Waals surface area contributed by atoms with Crippen molar-refractivity contribution >= 4 is 59.7 Å². The van der Waals surface area contributed by atoms with E-state index < -0.39 is 0 Å². The molecule has 0 aliphatic carbocycles. The van der Waals surface area contributed by atoms with Crippen LogP contribution in [0, 0.1) is 0 Å². The van der Waals surface area contributed by atoms with Crippen molar-refractivity contribution in [3.63, 3.8) is 0 Å². The van der Waals surface area contributed by atoms with Gasteiger partial charge in [-0.3, -0.25) is 0 Å². The number of aromatic nitrogens is 1. The molecule has 0 unspecified atom stereocenters. The lowest BCUT2D eigenvalue weighted by Gasteiger charge is -2.08. The van der Waals surface area contributed by atoms with E-state index in [0.29, 0.717) is 0 Å². The van der Waals surface area contributed by atoms with E-state index in [1.165, 1.54) is 32.9 Å². The van der Waals surface area contributed by atoms with Gasteiger partial charge in [0.1, 0.15) is 11.2 Å². The van der Waals surface area contributed by atoms with Crippen LogP contribution in [-0.2, 0) is 0 Å². The van der Waals surface area contributed by atoms with Gasteiger partial charge in [-0.1, -0.05) is 70.5 Å². The summed E-state index contributed by atoms with van der Waals surface area (Å²) in [5.41, 5.74) is 7.71. The number of furan rings is 1. The predicted molar refractivity (Wildman–Crippen MR) is 141 cm³/mol. The van der Waals surface area contributed by atoms with Crippen LogP contribution in [0.2, 0.25) is 0 Å². The SMILES string of the molecule is Brc1cccc(-c2ccc3c(c2)c2ccccc2n3-c2ccc3c(c2)oc2ccccc23)c1. The molecule has 0 saturated heterocycles. The molecule has 0 amide bonds. The van der Waals surface area contributed by atoms with Gasteiger partial charge in [0.25, 0.3) is 0 Å². The lowest BCUT2D eigenvalue weighted by atomic mass is 10.0. The number of para-hydroxylation sites is 2. The molecule has 7 aromatic rings. The smallest absolute Gasteiger partial charge is 0.137 e. The largest absolute Gasteiger partial charge is 0.456 e. The van der Waals surface area contributed by atoms with Crippen LogP contribution in [0.4, 0.5) is 0 Å². The minimum Gasteiger partial charge on any atom is -0.456 e. The van der Waals surface area contributed by atoms with Crippen LogP contribution in [0.25, 0.3) is 60.6 Å². The number of fused-ring (bicyclic) bond motifs is 6. The van der Waals surface area contributed by atoms with Crippen molar-refractivity contribution in [1.82, 2.24) is 4.57 Å². The molecule has 5 aromatic carbocycles. The van der Waals surface area contributed by atoms with E-state index in [1.807, 2.05) is 12.1 Å². The molecule has 0 spiro atoms. The first-order valence-corrected chi connectivity index (χ1v) is 11.8. The summed E-state index contributed by atoms with van der Waals surface area (Å²) in [6, 6.07) is 38.5. The molecule has 0 atom stereocenters. The molecule has 0 radical (unpaired) electrons. The average Bonchev–Trinajstić information content (AvgIpc) is 3.38. The number of rotatable bonds is 2. The van der Waals surface area contributed by atoms with Crippen LogP contribution in [0.3, 0.4) is 0 Å². The number of halogens is 1. The number of benzene rings is 5. The topological polar surface area (TPSA) is 18.1 Å². The Hall–Kier alpha value is -3.82. The molecule has 0 saturated carbocycles. The normalized spacial score (nSPS) is 11.8. The first-order valence-electron chi connectivity index (χ1n) is 11.0. The van der Waals surface area contributed by atoms with Gasteiger partial charge in [0.2, 0.25) is 0 Å². The van der Waals surface area contributed by atoms with Gasteiger partial charge in [0.05, 0.1) is 11.0 Å². The van der Waals surface area contributed by atoms with Crippen LogP contribution >= 0.6 is 15.9 Å². The lowest BCUT2D eigenvalue weighted by molar-refractivity contribution is 0.668. The second kappa shape index (κ2) is 7.09. The van der Waals surface area contributed by atoms with Gasteiger partial charge in [-0.05, 0) is 59.7 Å². The molecule has 7 rings (SSSR count). The zero-order valence-electron chi connectivity index (χ0n) is 17.6. The highest BCUT2D eigenvalue weighted by Gasteiger charge is 2.15. The van der Waals surface area contributed by atoms with Gasteiger partial charge >= 0.3 is 0 Å². The van der Waals surface area contributed by atoms with Crippen LogP contribution in [0.15, 0.2) is 118 Å². The van der Waals surface area contributed by atoms with Crippen molar-refractivity contribution in [1.29, 1.82) is 0 Å². The number of hydrogen-bond acceptors (Lipinski definition) is 1. The average molecular weight is 488 g/mol. The Balaban J connectivity index is 1.50. The molecule has 33 heavy (non-hydrogen) atoms. The Morgan fingerprint density at radius 1 is 0.515 bits per heavy atom. The molecule has 0 bridgehead atoms. The zero-order valence-corrected chi connectivity index (χ0v) is 19.2. The maximum Gasteiger partial charge on any atom is 0.137 e. The third-order valence-corrected chi connectivity index (χ3v) is 6.94. The molecule has 0 fully saturated rings. The van der Waals surface area contributed by atoms with E-state index in [2.05, 4.69) is 118 Å². The molecule has 2 heterocycles. The Morgan fingerprint density at radius 2 is 1.27 bits per heavy atom. The first-order chi connectivity index (χ1) is 16.3. The quantitative estimate of drug-likeness (QED) is 0.237. The van der Waals surface area contributed by atoms with Gasteiger partial charge < -0.3 is 8.98 Å². The first kappa shape index (κ1) is 18.7. The molecule has 2 nitrogen and oxygen atoms in total. The molecule has 2 aromatic heterocycles. The molecular formula is C30H18BrNO. The maximum atomic E-state index is 6.19. The predicted octanol–water partition coefficient (Wildman–Crippen LogP) is 9.11. The molecule has 0 aliphatic heterocycles. The van der Waals surface area contributed by atoms with E-state index in [-0.39, 0.29) is 0 Å². The molecular weight excluding hydrogens is 470 g/mol. The number of nitrogens with zero attached hydrogens (tertiary/aromatic N) is 1. The van der Waals surface area contributed by atoms with Crippen LogP contribution in [0.5, 0.6) is 0 Å². The van der Waals surface area contributed by atoms with E-state index in [9.17, 15) is 0 Å². The van der Waals surface area contributed by atoms with Gasteiger partial charge in [-0.15, -0.1) is 0 Å². The van der Waals surface area contributed by atoms with Crippen molar-refractivity contribution < 1.29 is 4.42 Å². The lowest BCUT2D eigenvalue weighted by Crippen LogP contribution is -1.93. The summed E-state index contributed by atoms with van der Waals surface area (Å²) < 4.78 is 9.61.